The molecule has 0 saturated heterocycles. The Morgan fingerprint density at radius 3 is 1.79 bits per heavy atom. The number of halogens is 1. The molecule has 0 aromatic heterocycles. The SMILES string of the molecule is C[C@@H](NCC(c1ccccc1)c1ccc(Cl)cc1)c1ccccc1. The molecular formula is C22H22ClN. The Morgan fingerprint density at radius 2 is 1.21 bits per heavy atom. The fourth-order valence-electron chi connectivity index (χ4n) is 2.96. The molecule has 2 atom stereocenters. The van der Waals surface area contributed by atoms with E-state index < -0.39 is 0 Å². The Balaban J connectivity index is 1.79. The molecule has 1 unspecified atom stereocenters. The van der Waals surface area contributed by atoms with Crippen LogP contribution in [0.4, 0.5) is 0 Å². The predicted molar refractivity (Wildman–Crippen MR) is 103 cm³/mol. The summed E-state index contributed by atoms with van der Waals surface area (Å²) in [5.41, 5.74) is 3.89. The molecule has 3 rings (SSSR count). The van der Waals surface area contributed by atoms with Gasteiger partial charge in [0.2, 0.25) is 0 Å². The second kappa shape index (κ2) is 8.14. The number of hydrogen-bond donors (Lipinski definition) is 1. The van der Waals surface area contributed by atoms with E-state index in [2.05, 4.69) is 85.0 Å². The van der Waals surface area contributed by atoms with Gasteiger partial charge >= 0.3 is 0 Å². The van der Waals surface area contributed by atoms with Gasteiger partial charge in [0.1, 0.15) is 0 Å². The van der Waals surface area contributed by atoms with Crippen LogP contribution in [0.25, 0.3) is 0 Å². The van der Waals surface area contributed by atoms with Crippen molar-refractivity contribution < 1.29 is 0 Å². The summed E-state index contributed by atoms with van der Waals surface area (Å²) in [6, 6.07) is 29.7. The lowest BCUT2D eigenvalue weighted by Crippen LogP contribution is -2.25. The van der Waals surface area contributed by atoms with Crippen LogP contribution in [0.5, 0.6) is 0 Å². The van der Waals surface area contributed by atoms with Gasteiger partial charge in [-0.2, -0.15) is 0 Å². The summed E-state index contributed by atoms with van der Waals surface area (Å²) in [6.07, 6.45) is 0. The third kappa shape index (κ3) is 4.25. The summed E-state index contributed by atoms with van der Waals surface area (Å²) in [7, 11) is 0. The monoisotopic (exact) mass is 335 g/mol. The molecule has 1 nitrogen and oxygen atoms in total. The van der Waals surface area contributed by atoms with E-state index in [4.69, 9.17) is 11.6 Å². The van der Waals surface area contributed by atoms with Crippen molar-refractivity contribution in [2.75, 3.05) is 6.54 Å². The van der Waals surface area contributed by atoms with Crippen LogP contribution in [0.3, 0.4) is 0 Å². The summed E-state index contributed by atoms with van der Waals surface area (Å²) in [5, 5.41) is 4.45. The summed E-state index contributed by atoms with van der Waals surface area (Å²) in [5.74, 6) is 0.301. The van der Waals surface area contributed by atoms with E-state index >= 15 is 0 Å². The van der Waals surface area contributed by atoms with Crippen LogP contribution in [0.2, 0.25) is 5.02 Å². The summed E-state index contributed by atoms with van der Waals surface area (Å²) < 4.78 is 0. The van der Waals surface area contributed by atoms with Crippen molar-refractivity contribution in [3.05, 3.63) is 107 Å². The maximum atomic E-state index is 6.05. The van der Waals surface area contributed by atoms with Gasteiger partial charge in [-0.3, -0.25) is 0 Å². The molecule has 0 amide bonds. The Kier molecular flexibility index (Phi) is 5.68. The zero-order chi connectivity index (χ0) is 16.8. The molecule has 0 bridgehead atoms. The van der Waals surface area contributed by atoms with E-state index in [1.165, 1.54) is 16.7 Å². The fourth-order valence-corrected chi connectivity index (χ4v) is 3.09. The molecule has 0 heterocycles. The van der Waals surface area contributed by atoms with E-state index in [1.54, 1.807) is 0 Å². The van der Waals surface area contributed by atoms with E-state index in [0.29, 0.717) is 12.0 Å². The third-order valence-electron chi connectivity index (χ3n) is 4.40. The molecule has 3 aromatic rings. The van der Waals surface area contributed by atoms with Crippen molar-refractivity contribution >= 4 is 11.6 Å². The lowest BCUT2D eigenvalue weighted by molar-refractivity contribution is 0.549. The molecule has 0 aliphatic carbocycles. The zero-order valence-corrected chi connectivity index (χ0v) is 14.6. The Labute approximate surface area is 149 Å². The van der Waals surface area contributed by atoms with Gasteiger partial charge in [0.25, 0.3) is 0 Å². The lowest BCUT2D eigenvalue weighted by Gasteiger charge is -2.22. The largest absolute Gasteiger partial charge is 0.309 e. The first-order chi connectivity index (χ1) is 11.7. The summed E-state index contributed by atoms with van der Waals surface area (Å²) in [4.78, 5) is 0. The highest BCUT2D eigenvalue weighted by Crippen LogP contribution is 2.26. The smallest absolute Gasteiger partial charge is 0.0406 e. The minimum Gasteiger partial charge on any atom is -0.309 e. The number of benzene rings is 3. The second-order valence-electron chi connectivity index (χ2n) is 6.06. The highest BCUT2D eigenvalue weighted by Gasteiger charge is 2.15. The zero-order valence-electron chi connectivity index (χ0n) is 13.8. The molecule has 122 valence electrons. The van der Waals surface area contributed by atoms with Gasteiger partial charge in [-0.25, -0.2) is 0 Å². The molecule has 1 N–H and O–H groups in total. The Morgan fingerprint density at radius 1 is 0.708 bits per heavy atom. The average molecular weight is 336 g/mol. The van der Waals surface area contributed by atoms with Gasteiger partial charge in [-0.05, 0) is 35.7 Å². The van der Waals surface area contributed by atoms with Gasteiger partial charge in [-0.1, -0.05) is 84.4 Å². The van der Waals surface area contributed by atoms with Crippen molar-refractivity contribution in [3.63, 3.8) is 0 Å². The normalized spacial score (nSPS) is 13.4. The van der Waals surface area contributed by atoms with Crippen molar-refractivity contribution in [2.45, 2.75) is 18.9 Å². The van der Waals surface area contributed by atoms with E-state index in [1.807, 2.05) is 12.1 Å². The van der Waals surface area contributed by atoms with E-state index in [0.717, 1.165) is 11.6 Å². The topological polar surface area (TPSA) is 12.0 Å². The standard InChI is InChI=1S/C22H22ClN/c1-17(18-8-4-2-5-9-18)24-16-22(19-10-6-3-7-11-19)20-12-14-21(23)15-13-20/h2-15,17,22,24H,16H2,1H3/t17-,22?/m1/s1. The van der Waals surface area contributed by atoms with Gasteiger partial charge in [0.05, 0.1) is 0 Å². The summed E-state index contributed by atoms with van der Waals surface area (Å²) in [6.45, 7) is 3.08. The van der Waals surface area contributed by atoms with Crippen molar-refractivity contribution in [1.29, 1.82) is 0 Å². The Bertz CT molecular complexity index is 738. The minimum atomic E-state index is 0.301. The second-order valence-corrected chi connectivity index (χ2v) is 6.49. The molecule has 0 fully saturated rings. The van der Waals surface area contributed by atoms with Crippen LogP contribution in [0.1, 0.15) is 35.6 Å². The van der Waals surface area contributed by atoms with Crippen LogP contribution in [-0.2, 0) is 0 Å². The van der Waals surface area contributed by atoms with Crippen LogP contribution in [-0.4, -0.2) is 6.54 Å². The maximum absolute atomic E-state index is 6.05. The molecule has 0 aliphatic rings. The molecular weight excluding hydrogens is 314 g/mol. The minimum absolute atomic E-state index is 0.301. The lowest BCUT2D eigenvalue weighted by atomic mass is 9.91. The number of hydrogen-bond acceptors (Lipinski definition) is 1. The van der Waals surface area contributed by atoms with Crippen LogP contribution < -0.4 is 5.32 Å². The van der Waals surface area contributed by atoms with Gasteiger partial charge in [0, 0.05) is 23.5 Å². The van der Waals surface area contributed by atoms with Crippen LogP contribution in [0.15, 0.2) is 84.9 Å². The quantitative estimate of drug-likeness (QED) is 0.598. The molecule has 24 heavy (non-hydrogen) atoms. The molecule has 3 aromatic carbocycles. The molecule has 0 spiro atoms. The molecule has 0 aliphatic heterocycles. The van der Waals surface area contributed by atoms with Gasteiger partial charge in [0.15, 0.2) is 0 Å². The van der Waals surface area contributed by atoms with E-state index in [9.17, 15) is 0 Å². The van der Waals surface area contributed by atoms with Gasteiger partial charge < -0.3 is 5.32 Å². The predicted octanol–water partition coefficient (Wildman–Crippen LogP) is 5.82. The molecule has 0 saturated carbocycles. The fraction of sp³-hybridized carbons (Fsp3) is 0.182. The maximum Gasteiger partial charge on any atom is 0.0406 e. The number of nitrogens with one attached hydrogen (secondary N) is 1. The van der Waals surface area contributed by atoms with Crippen molar-refractivity contribution in [3.8, 4) is 0 Å². The van der Waals surface area contributed by atoms with Crippen molar-refractivity contribution in [1.82, 2.24) is 5.32 Å². The third-order valence-corrected chi connectivity index (χ3v) is 4.65. The highest BCUT2D eigenvalue weighted by molar-refractivity contribution is 6.30. The molecule has 0 radical (unpaired) electrons. The first-order valence-electron chi connectivity index (χ1n) is 8.33. The Hall–Kier alpha value is -2.09. The van der Waals surface area contributed by atoms with Crippen molar-refractivity contribution in [2.24, 2.45) is 0 Å². The van der Waals surface area contributed by atoms with Crippen LogP contribution in [0, 0.1) is 0 Å². The average Bonchev–Trinajstić information content (AvgIpc) is 2.65. The molecule has 2 heteroatoms. The van der Waals surface area contributed by atoms with Gasteiger partial charge in [-0.15, -0.1) is 0 Å². The summed E-state index contributed by atoms with van der Waals surface area (Å²) >= 11 is 6.05. The first-order valence-corrected chi connectivity index (χ1v) is 8.70. The first kappa shape index (κ1) is 16.8. The van der Waals surface area contributed by atoms with Crippen LogP contribution >= 0.6 is 11.6 Å². The highest BCUT2D eigenvalue weighted by atomic mass is 35.5. The number of rotatable bonds is 6. The van der Waals surface area contributed by atoms with E-state index in [-0.39, 0.29) is 0 Å².